The Hall–Kier alpha value is -0.260. The Morgan fingerprint density at radius 3 is 2.47 bits per heavy atom. The predicted octanol–water partition coefficient (Wildman–Crippen LogP) is 4.66. The van der Waals surface area contributed by atoms with Gasteiger partial charge in [0, 0.05) is 5.92 Å². The zero-order chi connectivity index (χ0) is 11.0. The third-order valence-corrected chi connectivity index (χ3v) is 4.96. The molecule has 0 bridgehead atoms. The van der Waals surface area contributed by atoms with Gasteiger partial charge in [-0.05, 0) is 31.1 Å². The van der Waals surface area contributed by atoms with E-state index in [2.05, 4.69) is 27.7 Å². The fourth-order valence-corrected chi connectivity index (χ4v) is 4.02. The van der Waals surface area contributed by atoms with Crippen molar-refractivity contribution in [2.75, 3.05) is 0 Å². The second-order valence-corrected chi connectivity index (χ2v) is 6.27. The highest BCUT2D eigenvalue weighted by molar-refractivity contribution is 5.05. The summed E-state index contributed by atoms with van der Waals surface area (Å²) < 4.78 is 0. The fourth-order valence-electron chi connectivity index (χ4n) is 4.02. The van der Waals surface area contributed by atoms with E-state index in [1.807, 2.05) is 0 Å². The van der Waals surface area contributed by atoms with Gasteiger partial charge in [0.1, 0.15) is 5.92 Å². The summed E-state index contributed by atoms with van der Waals surface area (Å²) in [5.74, 6) is 7.39. The van der Waals surface area contributed by atoms with Gasteiger partial charge in [-0.1, -0.05) is 6.92 Å². The Morgan fingerprint density at radius 1 is 1.07 bits per heavy atom. The van der Waals surface area contributed by atoms with Crippen molar-refractivity contribution in [3.05, 3.63) is 11.8 Å². The molecule has 0 amide bonds. The Morgan fingerprint density at radius 2 is 1.80 bits per heavy atom. The van der Waals surface area contributed by atoms with Crippen molar-refractivity contribution < 1.29 is 0 Å². The largest absolute Gasteiger partial charge is 0.107 e. The highest BCUT2D eigenvalue weighted by Crippen LogP contribution is 2.51. The second-order valence-electron chi connectivity index (χ2n) is 6.27. The Kier molecular flexibility index (Phi) is 3.23. The minimum Gasteiger partial charge on any atom is -0.0622 e. The SMILES string of the molecule is C[C+]1CCC2C(C)CCC([C+](C)C)C2C1. The molecule has 2 rings (SSSR count). The van der Waals surface area contributed by atoms with Crippen LogP contribution >= 0.6 is 0 Å². The molecule has 84 valence electrons. The van der Waals surface area contributed by atoms with Gasteiger partial charge in [0.2, 0.25) is 0 Å². The maximum atomic E-state index is 2.49. The fraction of sp³-hybridized carbons (Fsp3) is 0.867. The molecule has 0 aromatic heterocycles. The van der Waals surface area contributed by atoms with E-state index in [1.165, 1.54) is 32.1 Å². The molecule has 2 aliphatic carbocycles. The summed E-state index contributed by atoms with van der Waals surface area (Å²) in [6, 6.07) is 0. The Bertz CT molecular complexity index is 202. The first-order valence-electron chi connectivity index (χ1n) is 6.71. The standard InChI is InChI=1S/C15H26/c1-10(2)13-8-6-12(4)14-7-5-11(3)9-15(13)14/h12-15H,5-9H2,1-4H3/q+2. The van der Waals surface area contributed by atoms with Crippen molar-refractivity contribution in [3.8, 4) is 0 Å². The number of hydrogen-bond acceptors (Lipinski definition) is 0. The van der Waals surface area contributed by atoms with Crippen LogP contribution in [-0.2, 0) is 0 Å². The van der Waals surface area contributed by atoms with Crippen molar-refractivity contribution in [2.45, 2.75) is 59.8 Å². The van der Waals surface area contributed by atoms with Crippen LogP contribution in [0.1, 0.15) is 59.8 Å². The lowest BCUT2D eigenvalue weighted by atomic mass is 9.57. The quantitative estimate of drug-likeness (QED) is 0.547. The van der Waals surface area contributed by atoms with Crippen LogP contribution in [0.5, 0.6) is 0 Å². The molecule has 2 aliphatic rings. The van der Waals surface area contributed by atoms with Crippen molar-refractivity contribution in [3.63, 3.8) is 0 Å². The lowest BCUT2D eigenvalue weighted by Crippen LogP contribution is -2.38. The molecule has 0 N–H and O–H groups in total. The number of rotatable bonds is 1. The molecule has 0 aliphatic heterocycles. The van der Waals surface area contributed by atoms with Gasteiger partial charge in [-0.15, -0.1) is 0 Å². The van der Waals surface area contributed by atoms with Crippen molar-refractivity contribution in [1.82, 2.24) is 0 Å². The third-order valence-electron chi connectivity index (χ3n) is 4.96. The molecule has 15 heavy (non-hydrogen) atoms. The zero-order valence-electron chi connectivity index (χ0n) is 10.8. The molecular formula is C15H26+2. The van der Waals surface area contributed by atoms with E-state index < -0.39 is 0 Å². The lowest BCUT2D eigenvalue weighted by molar-refractivity contribution is 0.0741. The monoisotopic (exact) mass is 206 g/mol. The molecule has 0 aromatic rings. The van der Waals surface area contributed by atoms with E-state index >= 15 is 0 Å². The third kappa shape index (κ3) is 2.14. The molecule has 0 aromatic carbocycles. The summed E-state index contributed by atoms with van der Waals surface area (Å²) >= 11 is 0. The summed E-state index contributed by atoms with van der Waals surface area (Å²) in [4.78, 5) is 0. The molecule has 0 heterocycles. The zero-order valence-corrected chi connectivity index (χ0v) is 10.8. The Balaban J connectivity index is 2.10. The second kappa shape index (κ2) is 4.31. The summed E-state index contributed by atoms with van der Waals surface area (Å²) in [7, 11) is 0. The molecule has 0 heteroatoms. The predicted molar refractivity (Wildman–Crippen MR) is 66.2 cm³/mol. The topological polar surface area (TPSA) is 0 Å². The van der Waals surface area contributed by atoms with Gasteiger partial charge in [-0.3, -0.25) is 0 Å². The van der Waals surface area contributed by atoms with Gasteiger partial charge >= 0.3 is 0 Å². The summed E-state index contributed by atoms with van der Waals surface area (Å²) in [6.07, 6.45) is 7.22. The van der Waals surface area contributed by atoms with E-state index in [0.717, 1.165) is 23.7 Å². The molecule has 0 nitrogen and oxygen atoms in total. The van der Waals surface area contributed by atoms with Crippen LogP contribution in [0.2, 0.25) is 0 Å². The van der Waals surface area contributed by atoms with Crippen molar-refractivity contribution >= 4 is 0 Å². The van der Waals surface area contributed by atoms with Crippen LogP contribution in [0, 0.1) is 35.5 Å². The minimum absolute atomic E-state index is 0.932. The van der Waals surface area contributed by atoms with E-state index in [9.17, 15) is 0 Å². The molecule has 4 atom stereocenters. The summed E-state index contributed by atoms with van der Waals surface area (Å²) in [6.45, 7) is 9.56. The molecular weight excluding hydrogens is 180 g/mol. The Labute approximate surface area is 95.8 Å². The highest BCUT2D eigenvalue weighted by atomic mass is 14.5. The van der Waals surface area contributed by atoms with Crippen LogP contribution in [0.3, 0.4) is 0 Å². The first-order chi connectivity index (χ1) is 7.09. The average Bonchev–Trinajstić information content (AvgIpc) is 2.17. The van der Waals surface area contributed by atoms with Crippen LogP contribution in [0.15, 0.2) is 0 Å². The van der Waals surface area contributed by atoms with Gasteiger partial charge < -0.3 is 0 Å². The molecule has 0 spiro atoms. The number of fused-ring (bicyclic) bond motifs is 1. The van der Waals surface area contributed by atoms with E-state index in [4.69, 9.17) is 0 Å². The normalized spacial score (nSPS) is 41.2. The van der Waals surface area contributed by atoms with Gasteiger partial charge in [0.15, 0.2) is 0 Å². The lowest BCUT2D eigenvalue weighted by Gasteiger charge is -2.41. The average molecular weight is 206 g/mol. The maximum Gasteiger partial charge on any atom is 0.107 e. The van der Waals surface area contributed by atoms with E-state index in [1.54, 1.807) is 11.8 Å². The van der Waals surface area contributed by atoms with Crippen molar-refractivity contribution in [1.29, 1.82) is 0 Å². The molecule has 4 unspecified atom stereocenters. The first-order valence-corrected chi connectivity index (χ1v) is 6.71. The van der Waals surface area contributed by atoms with Gasteiger partial charge in [-0.2, -0.15) is 0 Å². The molecule has 0 saturated heterocycles. The summed E-state index contributed by atoms with van der Waals surface area (Å²) in [5, 5.41) is 0. The van der Waals surface area contributed by atoms with Gasteiger partial charge in [-0.25, -0.2) is 0 Å². The first kappa shape index (κ1) is 11.2. The number of hydrogen-bond donors (Lipinski definition) is 0. The molecule has 0 radical (unpaired) electrons. The van der Waals surface area contributed by atoms with Crippen LogP contribution in [0.4, 0.5) is 0 Å². The van der Waals surface area contributed by atoms with Crippen LogP contribution < -0.4 is 0 Å². The van der Waals surface area contributed by atoms with E-state index in [-0.39, 0.29) is 0 Å². The molecule has 2 saturated carbocycles. The van der Waals surface area contributed by atoms with Crippen molar-refractivity contribution in [2.24, 2.45) is 23.7 Å². The summed E-state index contributed by atoms with van der Waals surface area (Å²) in [5.41, 5.74) is 0. The van der Waals surface area contributed by atoms with E-state index in [0.29, 0.717) is 0 Å². The van der Waals surface area contributed by atoms with Crippen LogP contribution in [-0.4, -0.2) is 0 Å². The highest BCUT2D eigenvalue weighted by Gasteiger charge is 2.48. The van der Waals surface area contributed by atoms with Gasteiger partial charge in [0.05, 0.1) is 45.4 Å². The maximum absolute atomic E-state index is 2.49. The minimum atomic E-state index is 0.932. The smallest absolute Gasteiger partial charge is 0.0622 e. The van der Waals surface area contributed by atoms with Gasteiger partial charge in [0.25, 0.3) is 0 Å². The van der Waals surface area contributed by atoms with Crippen LogP contribution in [0.25, 0.3) is 0 Å². The molecule has 2 fully saturated rings.